The second kappa shape index (κ2) is 12.0. The van der Waals surface area contributed by atoms with E-state index in [0.29, 0.717) is 5.41 Å². The fraction of sp³-hybridized carbons (Fsp3) is 1.00. The van der Waals surface area contributed by atoms with E-state index in [1.807, 2.05) is 0 Å². The number of alkyl halides is 1. The molecule has 0 aliphatic rings. The number of rotatable bonds is 12. The van der Waals surface area contributed by atoms with Crippen LogP contribution in [0.15, 0.2) is 0 Å². The Balaban J connectivity index is 3.18. The molecular formula is C17H36ClN. The smallest absolute Gasteiger partial charge is 0.0465 e. The van der Waals surface area contributed by atoms with Crippen LogP contribution in [0.4, 0.5) is 0 Å². The van der Waals surface area contributed by atoms with Crippen molar-refractivity contribution in [2.45, 2.75) is 90.9 Å². The van der Waals surface area contributed by atoms with E-state index in [-0.39, 0.29) is 5.38 Å². The largest absolute Gasteiger partial charge is 0.315 e. The minimum absolute atomic E-state index is 0.272. The molecule has 0 fully saturated rings. The lowest BCUT2D eigenvalue weighted by molar-refractivity contribution is 0.364. The number of nitrogens with one attached hydrogen (secondary N) is 1. The molecule has 0 aromatic carbocycles. The van der Waals surface area contributed by atoms with Gasteiger partial charge in [0.25, 0.3) is 0 Å². The highest BCUT2D eigenvalue weighted by Gasteiger charge is 2.16. The summed E-state index contributed by atoms with van der Waals surface area (Å²) in [6, 6.07) is 0. The summed E-state index contributed by atoms with van der Waals surface area (Å²) in [6.07, 6.45) is 12.2. The number of unbranched alkanes of at least 4 members (excludes halogenated alkanes) is 7. The molecule has 0 saturated carbocycles. The van der Waals surface area contributed by atoms with Gasteiger partial charge in [0.15, 0.2) is 0 Å². The van der Waals surface area contributed by atoms with Crippen LogP contribution in [0.3, 0.4) is 0 Å². The molecule has 0 aliphatic heterocycles. The van der Waals surface area contributed by atoms with E-state index in [1.165, 1.54) is 51.4 Å². The van der Waals surface area contributed by atoms with Crippen molar-refractivity contribution in [1.29, 1.82) is 0 Å². The number of hydrogen-bond donors (Lipinski definition) is 1. The van der Waals surface area contributed by atoms with E-state index >= 15 is 0 Å². The fourth-order valence-corrected chi connectivity index (χ4v) is 2.95. The average Bonchev–Trinajstić information content (AvgIpc) is 2.29. The summed E-state index contributed by atoms with van der Waals surface area (Å²) in [7, 11) is 0. The molecule has 19 heavy (non-hydrogen) atoms. The van der Waals surface area contributed by atoms with Crippen molar-refractivity contribution in [3.63, 3.8) is 0 Å². The zero-order valence-electron chi connectivity index (χ0n) is 13.7. The Morgan fingerprint density at radius 2 is 1.42 bits per heavy atom. The highest BCUT2D eigenvalue weighted by Crippen LogP contribution is 2.23. The minimum atomic E-state index is 0.272. The molecule has 1 N–H and O–H groups in total. The molecule has 116 valence electrons. The van der Waals surface area contributed by atoms with Crippen LogP contribution in [0, 0.1) is 5.41 Å². The summed E-state index contributed by atoms with van der Waals surface area (Å²) in [5.41, 5.74) is 0.340. The van der Waals surface area contributed by atoms with Gasteiger partial charge in [0.1, 0.15) is 0 Å². The Bertz CT molecular complexity index is 186. The third-order valence-corrected chi connectivity index (χ3v) is 3.72. The Hall–Kier alpha value is 0.250. The van der Waals surface area contributed by atoms with Crippen molar-refractivity contribution in [2.75, 3.05) is 13.1 Å². The second-order valence-electron chi connectivity index (χ2n) is 7.04. The van der Waals surface area contributed by atoms with Gasteiger partial charge in [0.2, 0.25) is 0 Å². The number of hydrogen-bond acceptors (Lipinski definition) is 1. The first-order valence-corrected chi connectivity index (χ1v) is 8.74. The number of halogens is 1. The van der Waals surface area contributed by atoms with E-state index < -0.39 is 0 Å². The lowest BCUT2D eigenvalue weighted by atomic mass is 9.90. The van der Waals surface area contributed by atoms with Crippen LogP contribution in [0.1, 0.15) is 85.5 Å². The summed E-state index contributed by atoms with van der Waals surface area (Å²) in [4.78, 5) is 0. The summed E-state index contributed by atoms with van der Waals surface area (Å²) >= 11 is 6.31. The van der Waals surface area contributed by atoms with E-state index in [1.54, 1.807) is 0 Å². The summed E-state index contributed by atoms with van der Waals surface area (Å²) in [5, 5.41) is 3.76. The zero-order valence-corrected chi connectivity index (χ0v) is 14.5. The van der Waals surface area contributed by atoms with Gasteiger partial charge in [0.05, 0.1) is 0 Å². The third-order valence-electron chi connectivity index (χ3n) is 3.41. The zero-order chi connectivity index (χ0) is 14.6. The first-order chi connectivity index (χ1) is 8.95. The van der Waals surface area contributed by atoms with Crippen molar-refractivity contribution in [1.82, 2.24) is 5.32 Å². The van der Waals surface area contributed by atoms with E-state index in [2.05, 4.69) is 33.0 Å². The van der Waals surface area contributed by atoms with E-state index in [9.17, 15) is 0 Å². The molecule has 1 nitrogen and oxygen atoms in total. The lowest BCUT2D eigenvalue weighted by Crippen LogP contribution is -2.27. The quantitative estimate of drug-likeness (QED) is 0.356. The van der Waals surface area contributed by atoms with Crippen LogP contribution in [-0.4, -0.2) is 18.5 Å². The molecule has 0 radical (unpaired) electrons. The molecule has 0 rings (SSSR count). The maximum atomic E-state index is 6.31. The van der Waals surface area contributed by atoms with Crippen molar-refractivity contribution < 1.29 is 0 Å². The molecule has 0 amide bonds. The van der Waals surface area contributed by atoms with Crippen LogP contribution in [0.5, 0.6) is 0 Å². The highest BCUT2D eigenvalue weighted by atomic mass is 35.5. The molecule has 2 heteroatoms. The summed E-state index contributed by atoms with van der Waals surface area (Å²) < 4.78 is 0. The molecule has 0 aromatic heterocycles. The van der Waals surface area contributed by atoms with Crippen LogP contribution in [0.2, 0.25) is 0 Å². The van der Waals surface area contributed by atoms with Gasteiger partial charge in [-0.25, -0.2) is 0 Å². The van der Waals surface area contributed by atoms with E-state index in [0.717, 1.165) is 19.5 Å². The maximum Gasteiger partial charge on any atom is 0.0465 e. The molecule has 0 aromatic rings. The lowest BCUT2D eigenvalue weighted by Gasteiger charge is -2.22. The predicted octanol–water partition coefficient (Wildman–Crippen LogP) is 5.76. The van der Waals surface area contributed by atoms with Crippen LogP contribution >= 0.6 is 11.6 Å². The molecule has 0 heterocycles. The van der Waals surface area contributed by atoms with Gasteiger partial charge in [-0.05, 0) is 24.8 Å². The second-order valence-corrected chi connectivity index (χ2v) is 7.66. The van der Waals surface area contributed by atoms with Gasteiger partial charge < -0.3 is 5.32 Å². The van der Waals surface area contributed by atoms with Crippen molar-refractivity contribution in [2.24, 2.45) is 5.41 Å². The minimum Gasteiger partial charge on any atom is -0.315 e. The maximum absolute atomic E-state index is 6.31. The molecular weight excluding hydrogens is 254 g/mol. The highest BCUT2D eigenvalue weighted by molar-refractivity contribution is 6.20. The monoisotopic (exact) mass is 289 g/mol. The topological polar surface area (TPSA) is 12.0 Å². The molecule has 1 atom stereocenters. The van der Waals surface area contributed by atoms with Gasteiger partial charge in [-0.1, -0.05) is 72.6 Å². The molecule has 0 saturated heterocycles. The molecule has 0 aliphatic carbocycles. The first kappa shape index (κ1) is 19.2. The van der Waals surface area contributed by atoms with Gasteiger partial charge in [-0.2, -0.15) is 0 Å². The molecule has 0 spiro atoms. The Morgan fingerprint density at radius 1 is 0.895 bits per heavy atom. The van der Waals surface area contributed by atoms with Crippen LogP contribution in [0.25, 0.3) is 0 Å². The van der Waals surface area contributed by atoms with Gasteiger partial charge in [-0.3, -0.25) is 0 Å². The fourth-order valence-electron chi connectivity index (χ4n) is 2.38. The van der Waals surface area contributed by atoms with Gasteiger partial charge >= 0.3 is 0 Å². The van der Waals surface area contributed by atoms with Crippen LogP contribution in [-0.2, 0) is 0 Å². The van der Waals surface area contributed by atoms with Gasteiger partial charge in [0, 0.05) is 11.9 Å². The normalized spacial score (nSPS) is 13.7. The predicted molar refractivity (Wildman–Crippen MR) is 89.2 cm³/mol. The Kier molecular flexibility index (Phi) is 12.2. The first-order valence-electron chi connectivity index (χ1n) is 8.30. The Morgan fingerprint density at radius 3 is 1.95 bits per heavy atom. The Labute approximate surface area is 126 Å². The van der Waals surface area contributed by atoms with Crippen molar-refractivity contribution in [3.05, 3.63) is 0 Å². The van der Waals surface area contributed by atoms with Crippen LogP contribution < -0.4 is 5.32 Å². The summed E-state index contributed by atoms with van der Waals surface area (Å²) in [5.74, 6) is 0. The SMILES string of the molecule is CCCCCCCCCCNCC(Cl)CC(C)(C)C. The van der Waals surface area contributed by atoms with Gasteiger partial charge in [-0.15, -0.1) is 11.6 Å². The molecule has 0 bridgehead atoms. The van der Waals surface area contributed by atoms with Crippen molar-refractivity contribution >= 4 is 11.6 Å². The standard InChI is InChI=1S/C17H36ClN/c1-5-6-7-8-9-10-11-12-13-19-15-16(18)14-17(2,3)4/h16,19H,5-15H2,1-4H3. The molecule has 1 unspecified atom stereocenters. The van der Waals surface area contributed by atoms with E-state index in [4.69, 9.17) is 11.6 Å². The average molecular weight is 290 g/mol. The van der Waals surface area contributed by atoms with Crippen molar-refractivity contribution in [3.8, 4) is 0 Å². The summed E-state index contributed by atoms with van der Waals surface area (Å²) in [6.45, 7) is 11.1. The third kappa shape index (κ3) is 16.2.